The molecule has 0 aromatic heterocycles. The lowest BCUT2D eigenvalue weighted by Crippen LogP contribution is -2.37. The van der Waals surface area contributed by atoms with Crippen molar-refractivity contribution in [3.63, 3.8) is 0 Å². The van der Waals surface area contributed by atoms with Gasteiger partial charge in [0.15, 0.2) is 12.6 Å². The summed E-state index contributed by atoms with van der Waals surface area (Å²) >= 11 is 0. The Morgan fingerprint density at radius 3 is 2.40 bits per heavy atom. The third kappa shape index (κ3) is 10.9. The molecule has 2 unspecified atom stereocenters. The van der Waals surface area contributed by atoms with E-state index in [4.69, 9.17) is 23.7 Å². The van der Waals surface area contributed by atoms with Crippen LogP contribution in [0.4, 0.5) is 0 Å². The van der Waals surface area contributed by atoms with E-state index in [1.165, 1.54) is 7.11 Å². The zero-order valence-corrected chi connectivity index (χ0v) is 25.6. The molecule has 3 rings (SSSR count). The quantitative estimate of drug-likeness (QED) is 0.162. The largest absolute Gasteiger partial charge is 0.469 e. The fraction of sp³-hybridized carbons (Fsp3) is 0.848. The van der Waals surface area contributed by atoms with Crippen LogP contribution in [0.25, 0.3) is 0 Å². The molecular weight excluding hydrogens is 508 g/mol. The number of hydrogen-bond donors (Lipinski definition) is 1. The van der Waals surface area contributed by atoms with Crippen LogP contribution in [0.5, 0.6) is 0 Å². The second kappa shape index (κ2) is 17.6. The molecule has 7 atom stereocenters. The van der Waals surface area contributed by atoms with Crippen LogP contribution in [-0.2, 0) is 28.5 Å². The second-order valence-corrected chi connectivity index (χ2v) is 12.5. The van der Waals surface area contributed by atoms with Crippen LogP contribution in [0.15, 0.2) is 24.3 Å². The Bertz CT molecular complexity index is 767. The van der Waals surface area contributed by atoms with Gasteiger partial charge in [0.2, 0.25) is 0 Å². The maximum Gasteiger partial charge on any atom is 0.305 e. The van der Waals surface area contributed by atoms with Gasteiger partial charge in [-0.3, -0.25) is 4.79 Å². The third-order valence-electron chi connectivity index (χ3n) is 8.82. The first kappa shape index (κ1) is 33.3. The Balaban J connectivity index is 1.73. The molecule has 7 nitrogen and oxygen atoms in total. The highest BCUT2D eigenvalue weighted by molar-refractivity contribution is 5.69. The minimum absolute atomic E-state index is 0.0365. The molecule has 0 radical (unpaired) electrons. The van der Waals surface area contributed by atoms with Gasteiger partial charge in [0.1, 0.15) is 0 Å². The number of allylic oxidation sites excluding steroid dienone is 2. The number of ether oxygens (including phenoxy) is 5. The fourth-order valence-corrected chi connectivity index (χ4v) is 6.22. The van der Waals surface area contributed by atoms with Gasteiger partial charge in [0, 0.05) is 32.0 Å². The SMILES string of the molecule is CCCCC(C)(C)[C@@H](C=C[C@@H]1[C@@H](CCC=CCCC(=O)OC)[C@H](O)C[C@H]1OC1CCCCO1)OC1CCCCO1. The number of esters is 1. The molecule has 3 aliphatic rings. The summed E-state index contributed by atoms with van der Waals surface area (Å²) in [7, 11) is 1.42. The molecule has 2 saturated heterocycles. The molecule has 0 bridgehead atoms. The smallest absolute Gasteiger partial charge is 0.305 e. The van der Waals surface area contributed by atoms with Crippen molar-refractivity contribution < 1.29 is 33.6 Å². The molecule has 230 valence electrons. The fourth-order valence-electron chi connectivity index (χ4n) is 6.22. The number of aliphatic hydroxyl groups is 1. The van der Waals surface area contributed by atoms with E-state index < -0.39 is 6.10 Å². The van der Waals surface area contributed by atoms with E-state index in [1.54, 1.807) is 0 Å². The summed E-state index contributed by atoms with van der Waals surface area (Å²) in [6, 6.07) is 0. The van der Waals surface area contributed by atoms with Crippen molar-refractivity contribution in [2.24, 2.45) is 17.3 Å². The molecule has 0 aromatic carbocycles. The Morgan fingerprint density at radius 1 is 1.05 bits per heavy atom. The van der Waals surface area contributed by atoms with Gasteiger partial charge in [-0.1, -0.05) is 57.9 Å². The summed E-state index contributed by atoms with van der Waals surface area (Å²) in [6.45, 7) is 8.32. The van der Waals surface area contributed by atoms with Gasteiger partial charge in [-0.25, -0.2) is 0 Å². The van der Waals surface area contributed by atoms with Gasteiger partial charge >= 0.3 is 5.97 Å². The lowest BCUT2D eigenvalue weighted by molar-refractivity contribution is -0.198. The van der Waals surface area contributed by atoms with Gasteiger partial charge < -0.3 is 28.8 Å². The van der Waals surface area contributed by atoms with Crippen LogP contribution in [0.2, 0.25) is 0 Å². The highest BCUT2D eigenvalue weighted by Crippen LogP contribution is 2.41. The third-order valence-corrected chi connectivity index (χ3v) is 8.82. The normalized spacial score (nSPS) is 30.7. The van der Waals surface area contributed by atoms with Crippen molar-refractivity contribution in [3.8, 4) is 0 Å². The van der Waals surface area contributed by atoms with E-state index in [2.05, 4.69) is 39.0 Å². The van der Waals surface area contributed by atoms with E-state index in [9.17, 15) is 9.90 Å². The van der Waals surface area contributed by atoms with E-state index in [-0.39, 0.29) is 48.0 Å². The van der Waals surface area contributed by atoms with Crippen LogP contribution in [0.3, 0.4) is 0 Å². The van der Waals surface area contributed by atoms with Crippen LogP contribution in [0, 0.1) is 17.3 Å². The molecule has 1 aliphatic carbocycles. The molecular formula is C33H56O7. The predicted molar refractivity (Wildman–Crippen MR) is 157 cm³/mol. The van der Waals surface area contributed by atoms with Crippen molar-refractivity contribution in [3.05, 3.63) is 24.3 Å². The summed E-state index contributed by atoms with van der Waals surface area (Å²) in [5.41, 5.74) is -0.0365. The average molecular weight is 565 g/mol. The van der Waals surface area contributed by atoms with Gasteiger partial charge in [-0.2, -0.15) is 0 Å². The molecule has 0 amide bonds. The van der Waals surface area contributed by atoms with Gasteiger partial charge in [-0.05, 0) is 75.5 Å². The van der Waals surface area contributed by atoms with E-state index in [0.717, 1.165) is 83.8 Å². The first-order chi connectivity index (χ1) is 19.3. The number of carbonyl (C=O) groups is 1. The number of aliphatic hydroxyl groups excluding tert-OH is 1. The molecule has 0 spiro atoms. The second-order valence-electron chi connectivity index (χ2n) is 12.5. The zero-order chi connectivity index (χ0) is 28.8. The minimum atomic E-state index is -0.430. The number of hydrogen-bond acceptors (Lipinski definition) is 7. The van der Waals surface area contributed by atoms with Crippen molar-refractivity contribution in [1.82, 2.24) is 0 Å². The lowest BCUT2D eigenvalue weighted by Gasteiger charge is -2.36. The van der Waals surface area contributed by atoms with E-state index in [0.29, 0.717) is 19.3 Å². The molecule has 40 heavy (non-hydrogen) atoms. The predicted octanol–water partition coefficient (Wildman–Crippen LogP) is 6.87. The van der Waals surface area contributed by atoms with Crippen LogP contribution < -0.4 is 0 Å². The number of unbranched alkanes of at least 4 members (excludes halogenated alkanes) is 1. The lowest BCUT2D eigenvalue weighted by atomic mass is 9.80. The van der Waals surface area contributed by atoms with Crippen LogP contribution in [0.1, 0.15) is 111 Å². The number of rotatable bonds is 16. The molecule has 3 fully saturated rings. The summed E-state index contributed by atoms with van der Waals surface area (Å²) < 4.78 is 29.8. The monoisotopic (exact) mass is 564 g/mol. The summed E-state index contributed by atoms with van der Waals surface area (Å²) in [4.78, 5) is 11.4. The highest BCUT2D eigenvalue weighted by atomic mass is 16.7. The topological polar surface area (TPSA) is 83.5 Å². The number of methoxy groups -OCH3 is 1. The Labute approximate surface area is 243 Å². The summed E-state index contributed by atoms with van der Waals surface area (Å²) in [6.07, 6.45) is 20.8. The number of carbonyl (C=O) groups excluding carboxylic acids is 1. The first-order valence-corrected chi connectivity index (χ1v) is 16.0. The molecule has 1 N–H and O–H groups in total. The first-order valence-electron chi connectivity index (χ1n) is 16.0. The minimum Gasteiger partial charge on any atom is -0.469 e. The van der Waals surface area contributed by atoms with Crippen molar-refractivity contribution in [2.75, 3.05) is 20.3 Å². The Hall–Kier alpha value is -1.25. The van der Waals surface area contributed by atoms with Crippen molar-refractivity contribution >= 4 is 5.97 Å². The molecule has 1 saturated carbocycles. The van der Waals surface area contributed by atoms with Gasteiger partial charge in [0.05, 0.1) is 25.4 Å². The molecule has 7 heteroatoms. The van der Waals surface area contributed by atoms with Gasteiger partial charge in [-0.15, -0.1) is 0 Å². The average Bonchev–Trinajstić information content (AvgIpc) is 3.25. The standard InChI is InChI=1S/C33H56O7/c1-5-6-21-33(2,3)29(40-32-18-12-14-23-38-32)20-19-26-25(15-9-7-8-10-16-30(35)36-4)27(34)24-28(26)39-31-17-11-13-22-37-31/h7-8,19-20,25-29,31-32,34H,5-6,9-18,21-24H2,1-4H3/t25-,26-,27-,28-,29-,31?,32?/m1/s1. The molecule has 0 aromatic rings. The maximum absolute atomic E-state index is 11.4. The van der Waals surface area contributed by atoms with Crippen molar-refractivity contribution in [1.29, 1.82) is 0 Å². The van der Waals surface area contributed by atoms with Crippen LogP contribution >= 0.6 is 0 Å². The Morgan fingerprint density at radius 2 is 1.75 bits per heavy atom. The summed E-state index contributed by atoms with van der Waals surface area (Å²) in [5, 5.41) is 11.2. The Kier molecular flexibility index (Phi) is 14.7. The zero-order valence-electron chi connectivity index (χ0n) is 25.6. The molecule has 2 aliphatic heterocycles. The highest BCUT2D eigenvalue weighted by Gasteiger charge is 2.43. The maximum atomic E-state index is 11.4. The van der Waals surface area contributed by atoms with Gasteiger partial charge in [0.25, 0.3) is 0 Å². The van der Waals surface area contributed by atoms with E-state index >= 15 is 0 Å². The van der Waals surface area contributed by atoms with Crippen LogP contribution in [-0.4, -0.2) is 62.3 Å². The summed E-state index contributed by atoms with van der Waals surface area (Å²) in [5.74, 6) is -0.0342. The van der Waals surface area contributed by atoms with Crippen molar-refractivity contribution in [2.45, 2.75) is 142 Å². The molecule has 2 heterocycles. The van der Waals surface area contributed by atoms with E-state index in [1.807, 2.05) is 6.08 Å².